The highest BCUT2D eigenvalue weighted by molar-refractivity contribution is 5.93. The van der Waals surface area contributed by atoms with Crippen LogP contribution in [0.5, 0.6) is 0 Å². The molecule has 0 spiro atoms. The zero-order valence-electron chi connectivity index (χ0n) is 11.5. The highest BCUT2D eigenvalue weighted by atomic mass is 16.1. The maximum absolute atomic E-state index is 12.3. The first-order chi connectivity index (χ1) is 9.56. The number of nitrogens with zero attached hydrogens (tertiary/aromatic N) is 1. The molecular formula is C16H19N3O. The van der Waals surface area contributed by atoms with E-state index in [1.807, 2.05) is 0 Å². The van der Waals surface area contributed by atoms with Crippen molar-refractivity contribution in [2.24, 2.45) is 34.2 Å². The average Bonchev–Trinajstić information content (AvgIpc) is 2.99. The van der Waals surface area contributed by atoms with Crippen molar-refractivity contribution in [3.8, 4) is 0 Å². The summed E-state index contributed by atoms with van der Waals surface area (Å²) in [6.07, 6.45) is 5.39. The molecular weight excluding hydrogens is 250 g/mol. The molecule has 4 heteroatoms. The second-order valence-electron chi connectivity index (χ2n) is 5.79. The molecule has 4 N–H and O–H groups in total. The lowest BCUT2D eigenvalue weighted by atomic mass is 9.78. The van der Waals surface area contributed by atoms with Crippen molar-refractivity contribution < 1.29 is 4.79 Å². The summed E-state index contributed by atoms with van der Waals surface area (Å²) in [5.41, 5.74) is 13.1. The third-order valence-electron chi connectivity index (χ3n) is 4.45. The molecule has 20 heavy (non-hydrogen) atoms. The van der Waals surface area contributed by atoms with E-state index in [1.54, 1.807) is 0 Å². The first kappa shape index (κ1) is 12.9. The van der Waals surface area contributed by atoms with Crippen LogP contribution < -0.4 is 11.5 Å². The molecule has 1 fully saturated rings. The van der Waals surface area contributed by atoms with E-state index < -0.39 is 0 Å². The van der Waals surface area contributed by atoms with Gasteiger partial charge in [0, 0.05) is 5.92 Å². The lowest BCUT2D eigenvalue weighted by Gasteiger charge is -2.26. The van der Waals surface area contributed by atoms with Crippen molar-refractivity contribution in [3.05, 3.63) is 47.5 Å². The summed E-state index contributed by atoms with van der Waals surface area (Å²) in [5, 5.41) is 0. The molecule has 104 valence electrons. The Morgan fingerprint density at radius 1 is 1.15 bits per heavy atom. The van der Waals surface area contributed by atoms with Crippen molar-refractivity contribution in [1.82, 2.24) is 0 Å². The zero-order chi connectivity index (χ0) is 14.3. The van der Waals surface area contributed by atoms with Crippen molar-refractivity contribution >= 4 is 11.9 Å². The Hall–Kier alpha value is -2.10. The van der Waals surface area contributed by atoms with Crippen LogP contribution in [-0.4, -0.2) is 11.9 Å². The molecule has 2 aliphatic rings. The molecule has 2 bridgehead atoms. The first-order valence-corrected chi connectivity index (χ1v) is 6.94. The van der Waals surface area contributed by atoms with Gasteiger partial charge in [0.2, 0.25) is 0 Å². The maximum Gasteiger partial charge on any atom is 0.253 e. The number of guanidine groups is 1. The van der Waals surface area contributed by atoms with Gasteiger partial charge in [-0.15, -0.1) is 0 Å². The van der Waals surface area contributed by atoms with Crippen LogP contribution in [0, 0.1) is 24.7 Å². The second-order valence-corrected chi connectivity index (χ2v) is 5.79. The third-order valence-corrected chi connectivity index (χ3v) is 4.45. The number of allylic oxidation sites excluding steroid dienone is 2. The van der Waals surface area contributed by atoms with Gasteiger partial charge in [-0.25, -0.2) is 0 Å². The smallest absolute Gasteiger partial charge is 0.253 e. The normalized spacial score (nSPS) is 30.4. The Labute approximate surface area is 118 Å². The number of nitrogens with two attached hydrogens (primary N) is 2. The van der Waals surface area contributed by atoms with E-state index in [0.717, 1.165) is 6.42 Å². The van der Waals surface area contributed by atoms with E-state index in [2.05, 4.69) is 48.3 Å². The molecule has 2 aliphatic carbocycles. The zero-order valence-corrected chi connectivity index (χ0v) is 11.5. The molecule has 4 atom stereocenters. The van der Waals surface area contributed by atoms with E-state index in [4.69, 9.17) is 11.5 Å². The molecule has 0 saturated heterocycles. The van der Waals surface area contributed by atoms with Crippen molar-refractivity contribution in [1.29, 1.82) is 0 Å². The summed E-state index contributed by atoms with van der Waals surface area (Å²) in [6.45, 7) is 2.06. The SMILES string of the molecule is Cc1ccc([C@H]2C3C=CC(C3)[C@@H]2C(=O)N=C(N)N)cc1. The number of rotatable bonds is 2. The predicted octanol–water partition coefficient (Wildman–Crippen LogP) is 1.70. The fourth-order valence-electron chi connectivity index (χ4n) is 3.60. The summed E-state index contributed by atoms with van der Waals surface area (Å²) in [7, 11) is 0. The number of benzene rings is 1. The van der Waals surface area contributed by atoms with Gasteiger partial charge in [0.05, 0.1) is 5.92 Å². The van der Waals surface area contributed by atoms with Crippen molar-refractivity contribution in [2.45, 2.75) is 19.3 Å². The highest BCUT2D eigenvalue weighted by Gasteiger charge is 2.48. The summed E-state index contributed by atoms with van der Waals surface area (Å²) >= 11 is 0. The minimum atomic E-state index is -0.188. The summed E-state index contributed by atoms with van der Waals surface area (Å²) in [4.78, 5) is 16.1. The van der Waals surface area contributed by atoms with Crippen LogP contribution in [0.4, 0.5) is 0 Å². The minimum Gasteiger partial charge on any atom is -0.370 e. The first-order valence-electron chi connectivity index (χ1n) is 6.94. The predicted molar refractivity (Wildman–Crippen MR) is 79.0 cm³/mol. The summed E-state index contributed by atoms with van der Waals surface area (Å²) in [6, 6.07) is 8.41. The lowest BCUT2D eigenvalue weighted by Crippen LogP contribution is -2.30. The van der Waals surface area contributed by atoms with Gasteiger partial charge in [-0.1, -0.05) is 42.0 Å². The molecule has 4 nitrogen and oxygen atoms in total. The van der Waals surface area contributed by atoms with E-state index in [1.165, 1.54) is 11.1 Å². The lowest BCUT2D eigenvalue weighted by molar-refractivity contribution is -0.122. The van der Waals surface area contributed by atoms with Crippen LogP contribution in [0.3, 0.4) is 0 Å². The number of hydrogen-bond donors (Lipinski definition) is 2. The molecule has 0 aromatic heterocycles. The topological polar surface area (TPSA) is 81.5 Å². The van der Waals surface area contributed by atoms with E-state index in [9.17, 15) is 4.79 Å². The Balaban J connectivity index is 1.95. The van der Waals surface area contributed by atoms with Crippen LogP contribution in [0.25, 0.3) is 0 Å². The average molecular weight is 269 g/mol. The largest absolute Gasteiger partial charge is 0.370 e. The fourth-order valence-corrected chi connectivity index (χ4v) is 3.60. The third kappa shape index (κ3) is 2.11. The Morgan fingerprint density at radius 2 is 1.80 bits per heavy atom. The number of aliphatic imine (C=N–C) groups is 1. The van der Waals surface area contributed by atoms with Gasteiger partial charge in [-0.3, -0.25) is 4.79 Å². The van der Waals surface area contributed by atoms with Gasteiger partial charge in [0.15, 0.2) is 5.96 Å². The van der Waals surface area contributed by atoms with Gasteiger partial charge < -0.3 is 11.5 Å². The Bertz CT molecular complexity index is 584. The van der Waals surface area contributed by atoms with Gasteiger partial charge in [0.1, 0.15) is 0 Å². The Kier molecular flexibility index (Phi) is 3.08. The number of fused-ring (bicyclic) bond motifs is 2. The molecule has 1 saturated carbocycles. The minimum absolute atomic E-state index is 0.130. The summed E-state index contributed by atoms with van der Waals surface area (Å²) in [5.74, 6) is 0.417. The van der Waals surface area contributed by atoms with Crippen molar-refractivity contribution in [3.63, 3.8) is 0 Å². The molecule has 0 heterocycles. The number of carbonyl (C=O) groups excluding carboxylic acids is 1. The number of hydrogen-bond acceptors (Lipinski definition) is 1. The Morgan fingerprint density at radius 3 is 2.45 bits per heavy atom. The number of carbonyl (C=O) groups is 1. The maximum atomic E-state index is 12.3. The van der Waals surface area contributed by atoms with E-state index in [-0.39, 0.29) is 29.6 Å². The van der Waals surface area contributed by atoms with Crippen LogP contribution in [-0.2, 0) is 4.79 Å². The van der Waals surface area contributed by atoms with Gasteiger partial charge >= 0.3 is 0 Å². The van der Waals surface area contributed by atoms with E-state index in [0.29, 0.717) is 5.92 Å². The molecule has 1 amide bonds. The number of aryl methyl sites for hydroxylation is 1. The van der Waals surface area contributed by atoms with Crippen molar-refractivity contribution in [2.75, 3.05) is 0 Å². The standard InChI is InChI=1S/C16H19N3O/c1-9-2-4-10(5-3-9)13-11-6-7-12(8-11)14(13)15(20)19-16(17)18/h2-7,11-14H,8H2,1H3,(H4,17,18,19,20)/t11?,12?,13-,14-/m0/s1. The number of amides is 1. The van der Waals surface area contributed by atoms with Crippen LogP contribution >= 0.6 is 0 Å². The molecule has 3 rings (SSSR count). The van der Waals surface area contributed by atoms with Gasteiger partial charge in [-0.2, -0.15) is 4.99 Å². The summed E-state index contributed by atoms with van der Waals surface area (Å²) < 4.78 is 0. The van der Waals surface area contributed by atoms with Gasteiger partial charge in [0.25, 0.3) is 5.91 Å². The second kappa shape index (κ2) is 4.78. The molecule has 0 aliphatic heterocycles. The highest BCUT2D eigenvalue weighted by Crippen LogP contribution is 2.53. The molecule has 0 radical (unpaired) electrons. The van der Waals surface area contributed by atoms with Gasteiger partial charge in [-0.05, 0) is 30.7 Å². The quantitative estimate of drug-likeness (QED) is 0.487. The van der Waals surface area contributed by atoms with Crippen LogP contribution in [0.1, 0.15) is 23.5 Å². The van der Waals surface area contributed by atoms with Crippen LogP contribution in [0.15, 0.2) is 41.4 Å². The monoisotopic (exact) mass is 269 g/mol. The van der Waals surface area contributed by atoms with E-state index >= 15 is 0 Å². The molecule has 1 aromatic carbocycles. The molecule has 2 unspecified atom stereocenters. The fraction of sp³-hybridized carbons (Fsp3) is 0.375. The molecule has 1 aromatic rings. The van der Waals surface area contributed by atoms with Crippen LogP contribution in [0.2, 0.25) is 0 Å².